The van der Waals surface area contributed by atoms with Crippen LogP contribution in [0.15, 0.2) is 30.5 Å². The highest BCUT2D eigenvalue weighted by molar-refractivity contribution is 6.31. The third-order valence-corrected chi connectivity index (χ3v) is 6.13. The van der Waals surface area contributed by atoms with Crippen LogP contribution in [-0.2, 0) is 11.7 Å². The predicted octanol–water partition coefficient (Wildman–Crippen LogP) is 5.41. The first-order valence-corrected chi connectivity index (χ1v) is 11.5. The maximum atomic E-state index is 13.4. The Bertz CT molecular complexity index is 1200. The van der Waals surface area contributed by atoms with E-state index < -0.39 is 11.9 Å². The summed E-state index contributed by atoms with van der Waals surface area (Å²) in [6.45, 7) is 5.90. The Morgan fingerprint density at radius 1 is 1.09 bits per heavy atom. The number of anilines is 1. The molecule has 0 bridgehead atoms. The molecule has 1 fully saturated rings. The Hall–Kier alpha value is -2.88. The first-order chi connectivity index (χ1) is 15.9. The van der Waals surface area contributed by atoms with Crippen LogP contribution >= 0.6 is 11.6 Å². The fourth-order valence-electron chi connectivity index (χ4n) is 4.02. The van der Waals surface area contributed by atoms with Gasteiger partial charge in [-0.1, -0.05) is 16.8 Å². The number of nitrogens with one attached hydrogen (secondary N) is 2. The van der Waals surface area contributed by atoms with Crippen LogP contribution in [0.3, 0.4) is 0 Å². The molecular weight excluding hydrogens is 469 g/mol. The largest absolute Gasteiger partial charge is 0.433 e. The summed E-state index contributed by atoms with van der Waals surface area (Å²) in [6, 6.07) is 5.57. The monoisotopic (exact) mass is 494 g/mol. The number of alkyl halides is 3. The number of fused-ring (bicyclic) bond motifs is 1. The van der Waals surface area contributed by atoms with Gasteiger partial charge in [0.05, 0.1) is 17.3 Å². The Morgan fingerprint density at radius 3 is 2.38 bits per heavy atom. The number of rotatable bonds is 4. The Kier molecular flexibility index (Phi) is 6.46. The summed E-state index contributed by atoms with van der Waals surface area (Å²) in [5.41, 5.74) is -0.385. The minimum Gasteiger partial charge on any atom is -0.382 e. The smallest absolute Gasteiger partial charge is 0.382 e. The van der Waals surface area contributed by atoms with Crippen molar-refractivity contribution in [1.29, 1.82) is 0 Å². The van der Waals surface area contributed by atoms with E-state index in [0.717, 1.165) is 6.07 Å². The van der Waals surface area contributed by atoms with Crippen LogP contribution in [-0.4, -0.2) is 38.0 Å². The highest BCUT2D eigenvalue weighted by atomic mass is 35.5. The van der Waals surface area contributed by atoms with Gasteiger partial charge in [0.25, 0.3) is 5.91 Å². The molecule has 0 atom stereocenters. The summed E-state index contributed by atoms with van der Waals surface area (Å²) < 4.78 is 41.7. The van der Waals surface area contributed by atoms with Gasteiger partial charge < -0.3 is 10.6 Å². The number of nitrogens with zero attached hydrogens (tertiary/aromatic N) is 4. The molecule has 0 unspecified atom stereocenters. The van der Waals surface area contributed by atoms with E-state index in [0.29, 0.717) is 41.8 Å². The Balaban J connectivity index is 1.42. The number of aromatic nitrogens is 4. The van der Waals surface area contributed by atoms with Crippen LogP contribution in [0.25, 0.3) is 10.9 Å². The number of carbonyl (C=O) groups excluding carboxylic acids is 1. The van der Waals surface area contributed by atoms with E-state index in [-0.39, 0.29) is 34.7 Å². The third-order valence-electron chi connectivity index (χ3n) is 5.90. The van der Waals surface area contributed by atoms with Gasteiger partial charge in [-0.25, -0.2) is 9.67 Å². The van der Waals surface area contributed by atoms with Gasteiger partial charge in [0, 0.05) is 28.2 Å². The summed E-state index contributed by atoms with van der Waals surface area (Å²) >= 11 is 6.08. The molecule has 1 aromatic carbocycles. The average Bonchev–Trinajstić information content (AvgIpc) is 3.26. The number of amides is 1. The van der Waals surface area contributed by atoms with Crippen LogP contribution in [0.5, 0.6) is 0 Å². The van der Waals surface area contributed by atoms with E-state index in [2.05, 4.69) is 25.9 Å². The lowest BCUT2D eigenvalue weighted by atomic mass is 9.90. The maximum Gasteiger partial charge on any atom is 0.433 e. The highest BCUT2D eigenvalue weighted by Crippen LogP contribution is 2.35. The van der Waals surface area contributed by atoms with E-state index >= 15 is 0 Å². The Morgan fingerprint density at radius 2 is 1.76 bits per heavy atom. The molecule has 1 saturated carbocycles. The van der Waals surface area contributed by atoms with Crippen molar-refractivity contribution < 1.29 is 18.0 Å². The van der Waals surface area contributed by atoms with Crippen LogP contribution in [0, 0.1) is 0 Å². The van der Waals surface area contributed by atoms with Crippen molar-refractivity contribution in [2.24, 2.45) is 0 Å². The van der Waals surface area contributed by atoms with Gasteiger partial charge in [0.2, 0.25) is 0 Å². The fraction of sp³-hybridized carbons (Fsp3) is 0.478. The van der Waals surface area contributed by atoms with E-state index in [1.807, 2.05) is 20.8 Å². The molecule has 3 aromatic rings. The number of hydrogen-bond acceptors (Lipinski definition) is 5. The van der Waals surface area contributed by atoms with Crippen LogP contribution in [0.2, 0.25) is 5.02 Å². The molecule has 1 aliphatic carbocycles. The second-order valence-corrected chi connectivity index (χ2v) is 10.0. The lowest BCUT2D eigenvalue weighted by Gasteiger charge is -2.30. The summed E-state index contributed by atoms with van der Waals surface area (Å²) in [4.78, 5) is 16.3. The van der Waals surface area contributed by atoms with E-state index in [1.165, 1.54) is 12.1 Å². The molecule has 2 aromatic heterocycles. The van der Waals surface area contributed by atoms with E-state index in [4.69, 9.17) is 11.6 Å². The van der Waals surface area contributed by atoms with E-state index in [9.17, 15) is 18.0 Å². The molecule has 2 heterocycles. The first-order valence-electron chi connectivity index (χ1n) is 11.1. The molecule has 11 heteroatoms. The van der Waals surface area contributed by atoms with Gasteiger partial charge in [0.15, 0.2) is 5.69 Å². The second kappa shape index (κ2) is 9.05. The van der Waals surface area contributed by atoms with Crippen molar-refractivity contribution in [1.82, 2.24) is 25.3 Å². The molecule has 7 nitrogen and oxygen atoms in total. The van der Waals surface area contributed by atoms with Gasteiger partial charge in [-0.2, -0.15) is 13.2 Å². The minimum atomic E-state index is -4.55. The van der Waals surface area contributed by atoms with Crippen molar-refractivity contribution in [3.05, 3.63) is 46.9 Å². The summed E-state index contributed by atoms with van der Waals surface area (Å²) in [5.74, 6) is -0.281. The standard InChI is InChI=1S/C23H26ClF3N6O/c1-22(2,3)33-12-19(31-32-33)21(34)29-15-7-5-14(6-8-15)28-18-11-20(23(25,26)27)30-17-9-4-13(24)10-16(17)18/h4,9-12,14-15H,5-8H2,1-3H3,(H,28,30)(H,29,34). The molecule has 1 aliphatic rings. The lowest BCUT2D eigenvalue weighted by Crippen LogP contribution is -2.40. The van der Waals surface area contributed by atoms with Gasteiger partial charge >= 0.3 is 6.18 Å². The average molecular weight is 495 g/mol. The van der Waals surface area contributed by atoms with Crippen molar-refractivity contribution in [3.8, 4) is 0 Å². The molecule has 0 aliphatic heterocycles. The van der Waals surface area contributed by atoms with Gasteiger partial charge in [0.1, 0.15) is 5.69 Å². The van der Waals surface area contributed by atoms with Crippen LogP contribution < -0.4 is 10.6 Å². The maximum absolute atomic E-state index is 13.4. The van der Waals surface area contributed by atoms with Crippen molar-refractivity contribution in [2.75, 3.05) is 5.32 Å². The van der Waals surface area contributed by atoms with Crippen LogP contribution in [0.4, 0.5) is 18.9 Å². The zero-order chi connectivity index (χ0) is 24.7. The Labute approximate surface area is 200 Å². The first kappa shape index (κ1) is 24.3. The molecule has 1 amide bonds. The minimum absolute atomic E-state index is 0.0411. The highest BCUT2D eigenvalue weighted by Gasteiger charge is 2.34. The molecule has 34 heavy (non-hydrogen) atoms. The molecule has 0 saturated heterocycles. The van der Waals surface area contributed by atoms with Gasteiger partial charge in [-0.05, 0) is 70.7 Å². The molecule has 4 rings (SSSR count). The van der Waals surface area contributed by atoms with Crippen molar-refractivity contribution in [2.45, 2.75) is 70.3 Å². The second-order valence-electron chi connectivity index (χ2n) is 9.60. The number of hydrogen-bond donors (Lipinski definition) is 2. The summed E-state index contributed by atoms with van der Waals surface area (Å²) in [7, 11) is 0. The molecule has 2 N–H and O–H groups in total. The summed E-state index contributed by atoms with van der Waals surface area (Å²) in [5, 5.41) is 15.2. The van der Waals surface area contributed by atoms with Gasteiger partial charge in [-0.3, -0.25) is 4.79 Å². The fourth-order valence-corrected chi connectivity index (χ4v) is 4.19. The van der Waals surface area contributed by atoms with Crippen molar-refractivity contribution in [3.63, 3.8) is 0 Å². The lowest BCUT2D eigenvalue weighted by molar-refractivity contribution is -0.140. The van der Waals surface area contributed by atoms with Gasteiger partial charge in [-0.15, -0.1) is 5.10 Å². The summed E-state index contributed by atoms with van der Waals surface area (Å²) in [6.07, 6.45) is -0.183. The number of benzene rings is 1. The zero-order valence-electron chi connectivity index (χ0n) is 19.1. The molecule has 182 valence electrons. The zero-order valence-corrected chi connectivity index (χ0v) is 19.8. The number of halogens is 4. The normalized spacial score (nSPS) is 19.3. The molecule has 0 radical (unpaired) electrons. The predicted molar refractivity (Wildman–Crippen MR) is 124 cm³/mol. The van der Waals surface area contributed by atoms with E-state index in [1.54, 1.807) is 16.9 Å². The van der Waals surface area contributed by atoms with Crippen LogP contribution in [0.1, 0.15) is 62.6 Å². The quantitative estimate of drug-likeness (QED) is 0.507. The topological polar surface area (TPSA) is 84.7 Å². The SMILES string of the molecule is CC(C)(C)n1cc(C(=O)NC2CCC(Nc3cc(C(F)(F)F)nc4ccc(Cl)cc34)CC2)nn1. The number of carbonyl (C=O) groups is 1. The molecular formula is C23H26ClF3N6O. The van der Waals surface area contributed by atoms with Crippen molar-refractivity contribution >= 4 is 34.1 Å². The number of pyridine rings is 1. The third kappa shape index (κ3) is 5.43. The molecule has 0 spiro atoms.